The zero-order valence-electron chi connectivity index (χ0n) is 13.6. The van der Waals surface area contributed by atoms with Crippen molar-refractivity contribution >= 4 is 23.2 Å². The van der Waals surface area contributed by atoms with Crippen LogP contribution >= 0.6 is 11.3 Å². The zero-order valence-corrected chi connectivity index (χ0v) is 14.4. The summed E-state index contributed by atoms with van der Waals surface area (Å²) in [6.45, 7) is 4.11. The number of aliphatic imine (C=N–C) groups is 1. The smallest absolute Gasteiger partial charge is 0.243 e. The largest absolute Gasteiger partial charge is 0.383 e. The van der Waals surface area contributed by atoms with Crippen LogP contribution in [0.4, 0.5) is 0 Å². The maximum atomic E-state index is 11.6. The predicted octanol–water partition coefficient (Wildman–Crippen LogP) is 0.516. The number of thiazole rings is 1. The molecular formula is C14H25N5O2S. The number of nitrogens with zero attached hydrogens (tertiary/aromatic N) is 3. The predicted molar refractivity (Wildman–Crippen MR) is 89.4 cm³/mol. The number of hydrogen-bond donors (Lipinski definition) is 2. The summed E-state index contributed by atoms with van der Waals surface area (Å²) in [5.41, 5.74) is 0. The third kappa shape index (κ3) is 6.86. The van der Waals surface area contributed by atoms with Gasteiger partial charge in [-0.1, -0.05) is 6.92 Å². The summed E-state index contributed by atoms with van der Waals surface area (Å²) < 4.78 is 5.01. The molecule has 1 rings (SSSR count). The van der Waals surface area contributed by atoms with E-state index < -0.39 is 0 Å². The number of methoxy groups -OCH3 is 1. The van der Waals surface area contributed by atoms with Crippen molar-refractivity contribution in [3.05, 3.63) is 16.6 Å². The number of ether oxygens (including phenoxy) is 1. The van der Waals surface area contributed by atoms with Gasteiger partial charge in [-0.05, 0) is 0 Å². The molecular weight excluding hydrogens is 302 g/mol. The van der Waals surface area contributed by atoms with Gasteiger partial charge in [0.25, 0.3) is 0 Å². The number of aromatic nitrogens is 1. The van der Waals surface area contributed by atoms with Crippen molar-refractivity contribution in [1.29, 1.82) is 0 Å². The van der Waals surface area contributed by atoms with E-state index in [0.29, 0.717) is 25.7 Å². The molecule has 0 saturated heterocycles. The highest BCUT2D eigenvalue weighted by atomic mass is 32.1. The van der Waals surface area contributed by atoms with Crippen molar-refractivity contribution in [2.75, 3.05) is 47.4 Å². The van der Waals surface area contributed by atoms with Crippen molar-refractivity contribution < 1.29 is 9.53 Å². The molecule has 2 N–H and O–H groups in total. The first kappa shape index (κ1) is 18.4. The molecule has 8 heteroatoms. The Hall–Kier alpha value is -1.67. The summed E-state index contributed by atoms with van der Waals surface area (Å²) in [7, 11) is 5.08. The lowest BCUT2D eigenvalue weighted by atomic mass is 10.2. The van der Waals surface area contributed by atoms with Crippen LogP contribution in [0.15, 0.2) is 16.6 Å². The van der Waals surface area contributed by atoms with E-state index in [1.807, 2.05) is 5.38 Å². The van der Waals surface area contributed by atoms with Crippen LogP contribution in [0.25, 0.3) is 0 Å². The molecule has 1 amide bonds. The van der Waals surface area contributed by atoms with Gasteiger partial charge in [0, 0.05) is 51.8 Å². The molecule has 0 aliphatic heterocycles. The van der Waals surface area contributed by atoms with Gasteiger partial charge in [-0.3, -0.25) is 4.79 Å². The molecule has 0 aromatic carbocycles. The van der Waals surface area contributed by atoms with E-state index in [1.54, 1.807) is 38.7 Å². The Kier molecular flexibility index (Phi) is 8.46. The van der Waals surface area contributed by atoms with E-state index in [2.05, 4.69) is 27.5 Å². The van der Waals surface area contributed by atoms with E-state index in [9.17, 15) is 4.79 Å². The van der Waals surface area contributed by atoms with E-state index in [0.717, 1.165) is 5.01 Å². The third-order valence-corrected chi connectivity index (χ3v) is 3.93. The summed E-state index contributed by atoms with van der Waals surface area (Å²) in [6.07, 6.45) is 1.80. The van der Waals surface area contributed by atoms with Crippen LogP contribution in [0.1, 0.15) is 17.8 Å². The number of rotatable bonds is 8. The Morgan fingerprint density at radius 1 is 1.50 bits per heavy atom. The van der Waals surface area contributed by atoms with Crippen molar-refractivity contribution in [1.82, 2.24) is 20.5 Å². The monoisotopic (exact) mass is 327 g/mol. The van der Waals surface area contributed by atoms with Gasteiger partial charge in [-0.15, -0.1) is 11.3 Å². The maximum Gasteiger partial charge on any atom is 0.243 e. The average Bonchev–Trinajstić information content (AvgIpc) is 3.03. The molecule has 1 aromatic heterocycles. The number of carbonyl (C=O) groups is 1. The maximum absolute atomic E-state index is 11.6. The van der Waals surface area contributed by atoms with Crippen LogP contribution in [-0.4, -0.2) is 69.2 Å². The van der Waals surface area contributed by atoms with E-state index in [-0.39, 0.29) is 18.4 Å². The summed E-state index contributed by atoms with van der Waals surface area (Å²) in [4.78, 5) is 21.8. The summed E-state index contributed by atoms with van der Waals surface area (Å²) in [5.74, 6) is 0.843. The first-order chi connectivity index (χ1) is 10.5. The molecule has 1 unspecified atom stereocenters. The second kappa shape index (κ2) is 10.1. The Labute approximate surface area is 135 Å². The lowest BCUT2D eigenvalue weighted by molar-refractivity contribution is -0.127. The minimum absolute atomic E-state index is 0.0409. The second-order valence-corrected chi connectivity index (χ2v) is 5.95. The van der Waals surface area contributed by atoms with Crippen LogP contribution in [0.5, 0.6) is 0 Å². The quantitative estimate of drug-likeness (QED) is 0.413. The molecule has 0 aliphatic carbocycles. The molecule has 0 saturated carbocycles. The first-order valence-corrected chi connectivity index (χ1v) is 8.03. The van der Waals surface area contributed by atoms with Gasteiger partial charge in [0.15, 0.2) is 5.96 Å². The zero-order chi connectivity index (χ0) is 16.4. The number of hydrogen-bond acceptors (Lipinski definition) is 5. The molecule has 7 nitrogen and oxygen atoms in total. The summed E-state index contributed by atoms with van der Waals surface area (Å²) in [5, 5.41) is 9.42. The minimum atomic E-state index is -0.0409. The first-order valence-electron chi connectivity index (χ1n) is 7.15. The Balaban J connectivity index is 2.53. The molecule has 1 aromatic rings. The van der Waals surface area contributed by atoms with Crippen LogP contribution in [0, 0.1) is 0 Å². The molecule has 0 aliphatic rings. The topological polar surface area (TPSA) is 78.8 Å². The van der Waals surface area contributed by atoms with Gasteiger partial charge in [-0.25, -0.2) is 9.98 Å². The highest BCUT2D eigenvalue weighted by Gasteiger charge is 2.10. The molecule has 22 heavy (non-hydrogen) atoms. The Morgan fingerprint density at radius 3 is 2.86 bits per heavy atom. The SMILES string of the molecule is COCCNC(=NCC(=O)N(C)C)NCC(C)c1nccs1. The van der Waals surface area contributed by atoms with Gasteiger partial charge in [0.05, 0.1) is 11.6 Å². The van der Waals surface area contributed by atoms with Crippen LogP contribution in [-0.2, 0) is 9.53 Å². The standard InChI is InChI=1S/C14H25N5O2S/c1-11(13-15-6-8-22-13)9-17-14(16-5-7-21-4)18-10-12(20)19(2)3/h6,8,11H,5,7,9-10H2,1-4H3,(H2,16,17,18). The summed E-state index contributed by atoms with van der Waals surface area (Å²) >= 11 is 1.63. The normalized spacial score (nSPS) is 12.8. The molecule has 1 heterocycles. The van der Waals surface area contributed by atoms with Gasteiger partial charge in [-0.2, -0.15) is 0 Å². The number of nitrogens with one attached hydrogen (secondary N) is 2. The van der Waals surface area contributed by atoms with Crippen molar-refractivity contribution in [3.63, 3.8) is 0 Å². The Bertz CT molecular complexity index is 462. The number of likely N-dealkylation sites (N-methyl/N-ethyl adjacent to an activating group) is 1. The lowest BCUT2D eigenvalue weighted by Crippen LogP contribution is -2.41. The molecule has 0 radical (unpaired) electrons. The van der Waals surface area contributed by atoms with Crippen molar-refractivity contribution in [2.24, 2.45) is 4.99 Å². The Morgan fingerprint density at radius 2 is 2.27 bits per heavy atom. The highest BCUT2D eigenvalue weighted by Crippen LogP contribution is 2.16. The fourth-order valence-corrected chi connectivity index (χ4v) is 2.25. The van der Waals surface area contributed by atoms with Gasteiger partial charge < -0.3 is 20.3 Å². The van der Waals surface area contributed by atoms with Gasteiger partial charge >= 0.3 is 0 Å². The molecule has 0 bridgehead atoms. The number of guanidine groups is 1. The minimum Gasteiger partial charge on any atom is -0.383 e. The third-order valence-electron chi connectivity index (χ3n) is 2.92. The molecule has 0 spiro atoms. The highest BCUT2D eigenvalue weighted by molar-refractivity contribution is 7.09. The van der Waals surface area contributed by atoms with Crippen LogP contribution < -0.4 is 10.6 Å². The van der Waals surface area contributed by atoms with Gasteiger partial charge in [0.1, 0.15) is 6.54 Å². The second-order valence-electron chi connectivity index (χ2n) is 5.02. The van der Waals surface area contributed by atoms with Crippen LogP contribution in [0.2, 0.25) is 0 Å². The van der Waals surface area contributed by atoms with E-state index >= 15 is 0 Å². The number of amides is 1. The van der Waals surface area contributed by atoms with Crippen LogP contribution in [0.3, 0.4) is 0 Å². The van der Waals surface area contributed by atoms with E-state index in [1.165, 1.54) is 4.90 Å². The average molecular weight is 327 g/mol. The molecule has 0 fully saturated rings. The lowest BCUT2D eigenvalue weighted by Gasteiger charge is -2.15. The summed E-state index contributed by atoms with van der Waals surface area (Å²) in [6, 6.07) is 0. The fourth-order valence-electron chi connectivity index (χ4n) is 1.55. The van der Waals surface area contributed by atoms with Gasteiger partial charge in [0.2, 0.25) is 5.91 Å². The molecule has 1 atom stereocenters. The van der Waals surface area contributed by atoms with E-state index in [4.69, 9.17) is 4.74 Å². The van der Waals surface area contributed by atoms with Crippen molar-refractivity contribution in [2.45, 2.75) is 12.8 Å². The molecule has 124 valence electrons. The fraction of sp³-hybridized carbons (Fsp3) is 0.643. The number of carbonyl (C=O) groups excluding carboxylic acids is 1. The van der Waals surface area contributed by atoms with Crippen molar-refractivity contribution in [3.8, 4) is 0 Å².